The first kappa shape index (κ1) is 18.5. The summed E-state index contributed by atoms with van der Waals surface area (Å²) in [6.45, 7) is 0.894. The van der Waals surface area contributed by atoms with Crippen molar-refractivity contribution in [1.29, 1.82) is 0 Å². The Labute approximate surface area is 166 Å². The average Bonchev–Trinajstić information content (AvgIpc) is 3.23. The first-order valence-electron chi connectivity index (χ1n) is 9.09. The second kappa shape index (κ2) is 7.64. The molecule has 0 bridgehead atoms. The second-order valence-corrected chi connectivity index (χ2v) is 7.43. The first-order valence-corrected chi connectivity index (χ1v) is 9.47. The van der Waals surface area contributed by atoms with Crippen molar-refractivity contribution in [2.75, 3.05) is 18.4 Å². The molecule has 0 unspecified atom stereocenters. The van der Waals surface area contributed by atoms with Gasteiger partial charge in [-0.3, -0.25) is 9.59 Å². The fraction of sp³-hybridized carbons (Fsp3) is 0.238. The number of carbonyl (C=O) groups is 2. The minimum Gasteiger partial charge on any atom is -0.361 e. The molecule has 4 rings (SSSR count). The Morgan fingerprint density at radius 2 is 2.14 bits per heavy atom. The van der Waals surface area contributed by atoms with Crippen molar-refractivity contribution in [3.63, 3.8) is 0 Å². The number of nitrogens with zero attached hydrogens (tertiary/aromatic N) is 1. The molecule has 2 amide bonds. The van der Waals surface area contributed by atoms with Crippen LogP contribution in [-0.4, -0.2) is 34.8 Å². The third kappa shape index (κ3) is 3.87. The molecule has 1 saturated heterocycles. The smallest absolute Gasteiger partial charge is 0.229 e. The van der Waals surface area contributed by atoms with Crippen molar-refractivity contribution in [3.8, 4) is 0 Å². The first-order chi connectivity index (χ1) is 13.5. The van der Waals surface area contributed by atoms with Crippen LogP contribution in [0.15, 0.2) is 48.7 Å². The van der Waals surface area contributed by atoms with Gasteiger partial charge in [-0.2, -0.15) is 0 Å². The highest BCUT2D eigenvalue weighted by Gasteiger charge is 2.34. The molecule has 1 fully saturated rings. The van der Waals surface area contributed by atoms with Gasteiger partial charge in [0.2, 0.25) is 11.8 Å². The Morgan fingerprint density at radius 3 is 2.96 bits per heavy atom. The number of halogens is 2. The number of fused-ring (bicyclic) bond motifs is 1. The van der Waals surface area contributed by atoms with Crippen LogP contribution in [0.3, 0.4) is 0 Å². The third-order valence-corrected chi connectivity index (χ3v) is 5.29. The van der Waals surface area contributed by atoms with Crippen molar-refractivity contribution in [3.05, 3.63) is 65.1 Å². The Hall–Kier alpha value is -2.86. The lowest BCUT2D eigenvalue weighted by Gasteiger charge is -2.16. The van der Waals surface area contributed by atoms with Gasteiger partial charge in [0.05, 0.1) is 5.92 Å². The predicted octanol–water partition coefficient (Wildman–Crippen LogP) is 3.99. The maximum absolute atomic E-state index is 13.3. The Balaban J connectivity index is 1.38. The molecular weight excluding hydrogens is 381 g/mol. The average molecular weight is 400 g/mol. The minimum atomic E-state index is -0.437. The molecule has 2 aromatic carbocycles. The normalized spacial score (nSPS) is 16.7. The van der Waals surface area contributed by atoms with E-state index in [-0.39, 0.29) is 18.2 Å². The van der Waals surface area contributed by atoms with E-state index in [1.807, 2.05) is 24.4 Å². The number of aromatic nitrogens is 1. The lowest BCUT2D eigenvalue weighted by atomic mass is 10.1. The Morgan fingerprint density at radius 1 is 1.29 bits per heavy atom. The molecule has 1 atom stereocenters. The van der Waals surface area contributed by atoms with Crippen molar-refractivity contribution in [2.45, 2.75) is 12.8 Å². The summed E-state index contributed by atoms with van der Waals surface area (Å²) in [5.41, 5.74) is 2.48. The number of aromatic amines is 1. The number of anilines is 1. The van der Waals surface area contributed by atoms with Gasteiger partial charge in [0.1, 0.15) is 5.82 Å². The highest BCUT2D eigenvalue weighted by Crippen LogP contribution is 2.25. The van der Waals surface area contributed by atoms with Crippen LogP contribution in [0.1, 0.15) is 12.0 Å². The fourth-order valence-electron chi connectivity index (χ4n) is 3.59. The van der Waals surface area contributed by atoms with Gasteiger partial charge in [-0.05, 0) is 48.4 Å². The Bertz CT molecular complexity index is 1050. The van der Waals surface area contributed by atoms with E-state index in [1.165, 1.54) is 18.2 Å². The van der Waals surface area contributed by atoms with E-state index in [1.54, 1.807) is 11.0 Å². The highest BCUT2D eigenvalue weighted by molar-refractivity contribution is 6.31. The third-order valence-electron chi connectivity index (χ3n) is 5.06. The van der Waals surface area contributed by atoms with Crippen molar-refractivity contribution in [1.82, 2.24) is 9.88 Å². The minimum absolute atomic E-state index is 0.0442. The molecule has 0 saturated carbocycles. The van der Waals surface area contributed by atoms with Crippen LogP contribution in [0.5, 0.6) is 0 Å². The van der Waals surface area contributed by atoms with Crippen LogP contribution >= 0.6 is 11.6 Å². The van der Waals surface area contributed by atoms with Gasteiger partial charge >= 0.3 is 0 Å². The standard InChI is InChI=1S/C21H19ClFN3O2/c22-15-4-5-19-18(9-15)13(11-24-19)6-7-26-12-14(8-20(26)27)21(28)25-17-3-1-2-16(23)10-17/h1-5,9-11,14,24H,6-8,12H2,(H,25,28)/t14-/m0/s1. The number of nitrogens with one attached hydrogen (secondary N) is 2. The predicted molar refractivity (Wildman–Crippen MR) is 107 cm³/mol. The number of H-pyrrole nitrogens is 1. The van der Waals surface area contributed by atoms with Gasteiger partial charge in [0.25, 0.3) is 0 Å². The quantitative estimate of drug-likeness (QED) is 0.681. The summed E-state index contributed by atoms with van der Waals surface area (Å²) in [6.07, 6.45) is 2.76. The molecule has 1 aliphatic rings. The molecule has 7 heteroatoms. The molecule has 3 aromatic rings. The summed E-state index contributed by atoms with van der Waals surface area (Å²) in [4.78, 5) is 29.7. The van der Waals surface area contributed by atoms with Crippen molar-refractivity contribution in [2.24, 2.45) is 5.92 Å². The number of rotatable bonds is 5. The number of hydrogen-bond donors (Lipinski definition) is 2. The van der Waals surface area contributed by atoms with Gasteiger partial charge in [-0.1, -0.05) is 17.7 Å². The van der Waals surface area contributed by atoms with Gasteiger partial charge < -0.3 is 15.2 Å². The van der Waals surface area contributed by atoms with E-state index in [0.717, 1.165) is 16.5 Å². The van der Waals surface area contributed by atoms with Crippen molar-refractivity contribution < 1.29 is 14.0 Å². The van der Waals surface area contributed by atoms with Gasteiger partial charge in [-0.25, -0.2) is 4.39 Å². The number of carbonyl (C=O) groups excluding carboxylic acids is 2. The molecule has 2 heterocycles. The summed E-state index contributed by atoms with van der Waals surface area (Å²) in [6, 6.07) is 11.4. The van der Waals surface area contributed by atoms with E-state index in [9.17, 15) is 14.0 Å². The van der Waals surface area contributed by atoms with Crippen molar-refractivity contribution >= 4 is 40.0 Å². The topological polar surface area (TPSA) is 65.2 Å². The number of amides is 2. The molecule has 1 aliphatic heterocycles. The maximum atomic E-state index is 13.3. The monoisotopic (exact) mass is 399 g/mol. The summed E-state index contributed by atoms with van der Waals surface area (Å²) in [5, 5.41) is 4.40. The van der Waals surface area contributed by atoms with Gasteiger partial charge in [-0.15, -0.1) is 0 Å². The maximum Gasteiger partial charge on any atom is 0.229 e. The fourth-order valence-corrected chi connectivity index (χ4v) is 3.76. The largest absolute Gasteiger partial charge is 0.361 e. The van der Waals surface area contributed by atoms with Crippen LogP contribution in [0.25, 0.3) is 10.9 Å². The lowest BCUT2D eigenvalue weighted by molar-refractivity contribution is -0.128. The molecule has 0 aliphatic carbocycles. The van der Waals surface area contributed by atoms with Crippen LogP contribution in [-0.2, 0) is 16.0 Å². The van der Waals surface area contributed by atoms with Gasteiger partial charge in [0, 0.05) is 47.3 Å². The van der Waals surface area contributed by atoms with Crippen LogP contribution in [0, 0.1) is 11.7 Å². The summed E-state index contributed by atoms with van der Waals surface area (Å²) in [5.74, 6) is -1.16. The van der Waals surface area contributed by atoms with E-state index >= 15 is 0 Å². The SMILES string of the molecule is O=C(Nc1cccc(F)c1)[C@H]1CC(=O)N(CCc2c[nH]c3ccc(Cl)cc23)C1. The van der Waals surface area contributed by atoms with E-state index in [2.05, 4.69) is 10.3 Å². The zero-order valence-corrected chi connectivity index (χ0v) is 15.8. The number of hydrogen-bond acceptors (Lipinski definition) is 2. The second-order valence-electron chi connectivity index (χ2n) is 6.99. The van der Waals surface area contributed by atoms with E-state index in [0.29, 0.717) is 30.2 Å². The zero-order chi connectivity index (χ0) is 19.7. The summed E-state index contributed by atoms with van der Waals surface area (Å²) in [7, 11) is 0. The van der Waals surface area contributed by atoms with E-state index < -0.39 is 11.7 Å². The molecule has 28 heavy (non-hydrogen) atoms. The van der Waals surface area contributed by atoms with Crippen LogP contribution in [0.4, 0.5) is 10.1 Å². The molecule has 2 N–H and O–H groups in total. The molecule has 0 spiro atoms. The Kier molecular flexibility index (Phi) is 5.05. The highest BCUT2D eigenvalue weighted by atomic mass is 35.5. The summed E-state index contributed by atoms with van der Waals surface area (Å²) >= 11 is 6.08. The molecule has 144 valence electrons. The zero-order valence-electron chi connectivity index (χ0n) is 15.0. The van der Waals surface area contributed by atoms with E-state index in [4.69, 9.17) is 11.6 Å². The number of benzene rings is 2. The van der Waals surface area contributed by atoms with Gasteiger partial charge in [0.15, 0.2) is 0 Å². The number of likely N-dealkylation sites (tertiary alicyclic amines) is 1. The summed E-state index contributed by atoms with van der Waals surface area (Å²) < 4.78 is 13.3. The van der Waals surface area contributed by atoms with Crippen LogP contribution < -0.4 is 5.32 Å². The lowest BCUT2D eigenvalue weighted by Crippen LogP contribution is -2.30. The molecule has 1 aromatic heterocycles. The molecule has 0 radical (unpaired) electrons. The molecular formula is C21H19ClFN3O2. The molecule has 5 nitrogen and oxygen atoms in total. The van der Waals surface area contributed by atoms with Crippen LogP contribution in [0.2, 0.25) is 5.02 Å².